The molecule has 6 nitrogen and oxygen atoms in total. The second-order valence-corrected chi connectivity index (χ2v) is 6.71. The van der Waals surface area contributed by atoms with E-state index in [1.54, 1.807) is 69.3 Å². The molecule has 26 heavy (non-hydrogen) atoms. The van der Waals surface area contributed by atoms with Crippen LogP contribution in [0.5, 0.6) is 5.75 Å². The van der Waals surface area contributed by atoms with Crippen LogP contribution in [0.1, 0.15) is 48.4 Å². The van der Waals surface area contributed by atoms with Gasteiger partial charge < -0.3 is 4.74 Å². The predicted molar refractivity (Wildman–Crippen MR) is 97.6 cm³/mol. The fourth-order valence-corrected chi connectivity index (χ4v) is 2.29. The lowest BCUT2D eigenvalue weighted by Crippen LogP contribution is -2.55. The summed E-state index contributed by atoms with van der Waals surface area (Å²) >= 11 is 0. The number of benzene rings is 2. The van der Waals surface area contributed by atoms with Crippen molar-refractivity contribution in [3.8, 4) is 5.75 Å². The summed E-state index contributed by atoms with van der Waals surface area (Å²) in [5.41, 5.74) is 2.57. The number of amides is 2. The summed E-state index contributed by atoms with van der Waals surface area (Å²) in [5.74, 6) is -1.26. The number of hydrazine groups is 1. The molecule has 0 atom stereocenters. The number of carbonyl (C=O) groups is 3. The van der Waals surface area contributed by atoms with Gasteiger partial charge in [0.1, 0.15) is 5.75 Å². The zero-order valence-corrected chi connectivity index (χ0v) is 15.3. The number of rotatable bonds is 3. The molecule has 0 spiro atoms. The SMILES string of the molecule is CC(=O)Oc1ccccc1C(=O)N(NC(=O)c1ccccc1)C(C)(C)C. The van der Waals surface area contributed by atoms with Crippen molar-refractivity contribution in [3.05, 3.63) is 65.7 Å². The quantitative estimate of drug-likeness (QED) is 0.522. The third kappa shape index (κ3) is 4.69. The van der Waals surface area contributed by atoms with Crippen LogP contribution in [0.15, 0.2) is 54.6 Å². The molecule has 136 valence electrons. The summed E-state index contributed by atoms with van der Waals surface area (Å²) in [7, 11) is 0. The third-order valence-electron chi connectivity index (χ3n) is 3.49. The Morgan fingerprint density at radius 2 is 1.50 bits per heavy atom. The summed E-state index contributed by atoms with van der Waals surface area (Å²) in [6.45, 7) is 6.65. The van der Waals surface area contributed by atoms with Gasteiger partial charge in [-0.25, -0.2) is 5.01 Å². The molecule has 0 heterocycles. The van der Waals surface area contributed by atoms with Crippen molar-refractivity contribution < 1.29 is 19.1 Å². The lowest BCUT2D eigenvalue weighted by atomic mass is 10.1. The molecule has 0 aromatic heterocycles. The Morgan fingerprint density at radius 3 is 2.08 bits per heavy atom. The average Bonchev–Trinajstić information content (AvgIpc) is 2.58. The largest absolute Gasteiger partial charge is 0.426 e. The number of carbonyl (C=O) groups excluding carboxylic acids is 3. The summed E-state index contributed by atoms with van der Waals surface area (Å²) < 4.78 is 5.12. The standard InChI is InChI=1S/C20H22N2O4/c1-14(23)26-17-13-9-8-12-16(17)19(25)22(20(2,3)4)21-18(24)15-10-6-5-7-11-15/h5-13H,1-4H3,(H,21,24). The average molecular weight is 354 g/mol. The third-order valence-corrected chi connectivity index (χ3v) is 3.49. The van der Waals surface area contributed by atoms with Gasteiger partial charge in [0.05, 0.1) is 11.1 Å². The van der Waals surface area contributed by atoms with Crippen molar-refractivity contribution in [2.24, 2.45) is 0 Å². The zero-order chi connectivity index (χ0) is 19.3. The Labute approximate surface area is 152 Å². The van der Waals surface area contributed by atoms with Crippen molar-refractivity contribution in [3.63, 3.8) is 0 Å². The summed E-state index contributed by atoms with van der Waals surface area (Å²) in [5, 5.41) is 1.24. The van der Waals surface area contributed by atoms with Crippen molar-refractivity contribution in [1.82, 2.24) is 10.4 Å². The fraction of sp³-hybridized carbons (Fsp3) is 0.250. The van der Waals surface area contributed by atoms with Crippen LogP contribution in [0.25, 0.3) is 0 Å². The molecule has 2 aromatic rings. The van der Waals surface area contributed by atoms with Crippen LogP contribution < -0.4 is 10.2 Å². The van der Waals surface area contributed by atoms with E-state index < -0.39 is 23.3 Å². The maximum absolute atomic E-state index is 13.1. The highest BCUT2D eigenvalue weighted by Crippen LogP contribution is 2.23. The minimum Gasteiger partial charge on any atom is -0.426 e. The first-order valence-electron chi connectivity index (χ1n) is 8.18. The van der Waals surface area contributed by atoms with E-state index in [2.05, 4.69) is 5.43 Å². The molecule has 1 N–H and O–H groups in total. The molecule has 0 radical (unpaired) electrons. The number of hydrogen-bond donors (Lipinski definition) is 1. The van der Waals surface area contributed by atoms with E-state index in [0.29, 0.717) is 5.56 Å². The number of nitrogens with one attached hydrogen (secondary N) is 1. The molecule has 0 aliphatic rings. The second-order valence-electron chi connectivity index (χ2n) is 6.71. The maximum atomic E-state index is 13.1. The minimum absolute atomic E-state index is 0.146. The van der Waals surface area contributed by atoms with Gasteiger partial charge in [0, 0.05) is 12.5 Å². The lowest BCUT2D eigenvalue weighted by molar-refractivity contribution is -0.131. The van der Waals surface area contributed by atoms with Gasteiger partial charge in [-0.05, 0) is 45.0 Å². The maximum Gasteiger partial charge on any atom is 0.308 e. The van der Waals surface area contributed by atoms with Gasteiger partial charge in [-0.1, -0.05) is 30.3 Å². The van der Waals surface area contributed by atoms with E-state index in [4.69, 9.17) is 4.74 Å². The van der Waals surface area contributed by atoms with E-state index in [1.165, 1.54) is 18.0 Å². The van der Waals surface area contributed by atoms with Gasteiger partial charge in [-0.15, -0.1) is 0 Å². The molecule has 0 aliphatic carbocycles. The Morgan fingerprint density at radius 1 is 0.923 bits per heavy atom. The van der Waals surface area contributed by atoms with Crippen molar-refractivity contribution in [2.45, 2.75) is 33.2 Å². The predicted octanol–water partition coefficient (Wildman–Crippen LogP) is 3.20. The molecule has 2 aromatic carbocycles. The number of esters is 1. The first-order chi connectivity index (χ1) is 12.2. The molecule has 0 bridgehead atoms. The molecule has 0 unspecified atom stereocenters. The minimum atomic E-state index is -0.704. The van der Waals surface area contributed by atoms with Crippen LogP contribution in [0.3, 0.4) is 0 Å². The van der Waals surface area contributed by atoms with Gasteiger partial charge in [0.15, 0.2) is 0 Å². The van der Waals surface area contributed by atoms with E-state index >= 15 is 0 Å². The van der Waals surface area contributed by atoms with Crippen LogP contribution in [0, 0.1) is 0 Å². The molecule has 0 aliphatic heterocycles. The Balaban J connectivity index is 2.35. The molecule has 6 heteroatoms. The molecule has 0 fully saturated rings. The van der Waals surface area contributed by atoms with Crippen molar-refractivity contribution in [2.75, 3.05) is 0 Å². The van der Waals surface area contributed by atoms with Gasteiger partial charge in [0.25, 0.3) is 11.8 Å². The van der Waals surface area contributed by atoms with Crippen LogP contribution in [-0.4, -0.2) is 28.3 Å². The van der Waals surface area contributed by atoms with E-state index in [1.807, 2.05) is 0 Å². The van der Waals surface area contributed by atoms with Gasteiger partial charge >= 0.3 is 5.97 Å². The number of para-hydroxylation sites is 1. The smallest absolute Gasteiger partial charge is 0.308 e. The first kappa shape index (κ1) is 19.2. The van der Waals surface area contributed by atoms with Crippen LogP contribution in [0.2, 0.25) is 0 Å². The summed E-state index contributed by atoms with van der Waals surface area (Å²) in [6, 6.07) is 15.0. The normalized spacial score (nSPS) is 10.8. The van der Waals surface area contributed by atoms with Gasteiger partial charge in [0.2, 0.25) is 0 Å². The highest BCUT2D eigenvalue weighted by molar-refractivity contribution is 6.01. The molecule has 2 rings (SSSR count). The topological polar surface area (TPSA) is 75.7 Å². The first-order valence-corrected chi connectivity index (χ1v) is 8.18. The molecular weight excluding hydrogens is 332 g/mol. The van der Waals surface area contributed by atoms with E-state index in [-0.39, 0.29) is 11.3 Å². The lowest BCUT2D eigenvalue weighted by Gasteiger charge is -2.35. The molecular formula is C20H22N2O4. The van der Waals surface area contributed by atoms with Crippen molar-refractivity contribution >= 4 is 17.8 Å². The number of nitrogens with zero attached hydrogens (tertiary/aromatic N) is 1. The van der Waals surface area contributed by atoms with Crippen LogP contribution in [0.4, 0.5) is 0 Å². The summed E-state index contributed by atoms with van der Waals surface area (Å²) in [6.07, 6.45) is 0. The van der Waals surface area contributed by atoms with E-state index in [9.17, 15) is 14.4 Å². The van der Waals surface area contributed by atoms with Crippen LogP contribution >= 0.6 is 0 Å². The Hall–Kier alpha value is -3.15. The zero-order valence-electron chi connectivity index (χ0n) is 15.3. The molecule has 0 saturated heterocycles. The Kier molecular flexibility index (Phi) is 5.77. The fourth-order valence-electron chi connectivity index (χ4n) is 2.29. The Bertz CT molecular complexity index is 810. The monoisotopic (exact) mass is 354 g/mol. The highest BCUT2D eigenvalue weighted by atomic mass is 16.5. The molecule has 0 saturated carbocycles. The number of hydrogen-bond acceptors (Lipinski definition) is 4. The van der Waals surface area contributed by atoms with Crippen molar-refractivity contribution in [1.29, 1.82) is 0 Å². The molecule has 2 amide bonds. The summed E-state index contributed by atoms with van der Waals surface area (Å²) in [4.78, 5) is 36.9. The van der Waals surface area contributed by atoms with E-state index in [0.717, 1.165) is 0 Å². The van der Waals surface area contributed by atoms with Gasteiger partial charge in [-0.3, -0.25) is 19.8 Å². The van der Waals surface area contributed by atoms with Gasteiger partial charge in [-0.2, -0.15) is 0 Å². The second kappa shape index (κ2) is 7.82. The van der Waals surface area contributed by atoms with Crippen LogP contribution in [-0.2, 0) is 4.79 Å². The highest BCUT2D eigenvalue weighted by Gasteiger charge is 2.31. The number of ether oxygens (including phenoxy) is 1.